The molecule has 6 nitrogen and oxygen atoms in total. The summed E-state index contributed by atoms with van der Waals surface area (Å²) in [7, 11) is -3.82. The smallest absolute Gasteiger partial charge is 0.244 e. The van der Waals surface area contributed by atoms with Crippen LogP contribution < -0.4 is 5.73 Å². The van der Waals surface area contributed by atoms with Crippen molar-refractivity contribution in [2.24, 2.45) is 5.73 Å². The van der Waals surface area contributed by atoms with E-state index in [0.717, 1.165) is 5.56 Å². The number of carbonyl (C=O) groups is 1. The van der Waals surface area contributed by atoms with Crippen molar-refractivity contribution in [1.29, 1.82) is 0 Å². The predicted molar refractivity (Wildman–Crippen MR) is 88.6 cm³/mol. The van der Waals surface area contributed by atoms with Crippen LogP contribution in [-0.4, -0.2) is 30.7 Å². The fraction of sp³-hybridized carbons (Fsp3) is 0.353. The van der Waals surface area contributed by atoms with Crippen LogP contribution in [0.4, 0.5) is 0 Å². The van der Waals surface area contributed by atoms with Crippen LogP contribution >= 0.6 is 0 Å². The summed E-state index contributed by atoms with van der Waals surface area (Å²) >= 11 is 0. The molecule has 2 N–H and O–H groups in total. The number of sulfonamides is 1. The van der Waals surface area contributed by atoms with Gasteiger partial charge in [0.05, 0.1) is 11.2 Å². The Bertz CT molecular complexity index is 828. The zero-order valence-corrected chi connectivity index (χ0v) is 14.3. The predicted octanol–water partition coefficient (Wildman–Crippen LogP) is 1.84. The highest BCUT2D eigenvalue weighted by atomic mass is 32.2. The van der Waals surface area contributed by atoms with Crippen molar-refractivity contribution < 1.29 is 17.6 Å². The van der Waals surface area contributed by atoms with E-state index in [1.165, 1.54) is 10.6 Å². The Balaban J connectivity index is 2.03. The second-order valence-corrected chi connectivity index (χ2v) is 8.01. The van der Waals surface area contributed by atoms with Gasteiger partial charge in [-0.1, -0.05) is 17.7 Å². The van der Waals surface area contributed by atoms with Gasteiger partial charge in [0.15, 0.2) is 0 Å². The second kappa shape index (κ2) is 6.07. The molecule has 1 amide bonds. The van der Waals surface area contributed by atoms with E-state index in [4.69, 9.17) is 10.2 Å². The van der Waals surface area contributed by atoms with Crippen molar-refractivity contribution in [3.63, 3.8) is 0 Å². The molecular formula is C17H20N2O4S. The summed E-state index contributed by atoms with van der Waals surface area (Å²) in [6, 6.07) is 10.0. The lowest BCUT2D eigenvalue weighted by molar-refractivity contribution is -0.126. The van der Waals surface area contributed by atoms with Gasteiger partial charge < -0.3 is 10.2 Å². The fourth-order valence-corrected chi connectivity index (χ4v) is 5.06. The van der Waals surface area contributed by atoms with Gasteiger partial charge in [0.1, 0.15) is 11.3 Å². The maximum absolute atomic E-state index is 13.1. The zero-order valence-electron chi connectivity index (χ0n) is 13.4. The molecule has 2 aromatic rings. The number of hydrogen-bond donors (Lipinski definition) is 1. The number of amides is 1. The van der Waals surface area contributed by atoms with Crippen LogP contribution in [-0.2, 0) is 21.2 Å². The molecule has 128 valence electrons. The summed E-state index contributed by atoms with van der Waals surface area (Å²) in [6.45, 7) is 2.15. The third-order valence-corrected chi connectivity index (χ3v) is 6.52. The first kappa shape index (κ1) is 16.7. The Morgan fingerprint density at radius 3 is 2.58 bits per heavy atom. The van der Waals surface area contributed by atoms with Crippen molar-refractivity contribution in [2.75, 3.05) is 6.54 Å². The van der Waals surface area contributed by atoms with Gasteiger partial charge in [-0.15, -0.1) is 0 Å². The Kier molecular flexibility index (Phi) is 4.23. The Labute approximate surface area is 141 Å². The van der Waals surface area contributed by atoms with Gasteiger partial charge in [-0.25, -0.2) is 8.42 Å². The average molecular weight is 348 g/mol. The van der Waals surface area contributed by atoms with Gasteiger partial charge in [-0.3, -0.25) is 4.79 Å². The summed E-state index contributed by atoms with van der Waals surface area (Å²) in [6.07, 6.45) is 2.60. The quantitative estimate of drug-likeness (QED) is 0.892. The topological polar surface area (TPSA) is 93.6 Å². The molecule has 0 saturated carbocycles. The van der Waals surface area contributed by atoms with Gasteiger partial charge in [-0.05, 0) is 44.0 Å². The molecule has 1 aliphatic heterocycles. The van der Waals surface area contributed by atoms with Gasteiger partial charge in [0, 0.05) is 13.0 Å². The molecule has 1 unspecified atom stereocenters. The molecule has 1 aromatic carbocycles. The number of rotatable bonds is 5. The number of aryl methyl sites for hydroxylation is 1. The van der Waals surface area contributed by atoms with E-state index in [1.54, 1.807) is 36.4 Å². The fourth-order valence-electron chi connectivity index (χ4n) is 3.25. The maximum atomic E-state index is 13.1. The highest BCUT2D eigenvalue weighted by Gasteiger charge is 2.52. The summed E-state index contributed by atoms with van der Waals surface area (Å²) < 4.78 is 32.7. The van der Waals surface area contributed by atoms with Crippen molar-refractivity contribution >= 4 is 15.9 Å². The minimum atomic E-state index is -3.82. The summed E-state index contributed by atoms with van der Waals surface area (Å²) in [5, 5.41) is 0. The normalized spacial score (nSPS) is 21.9. The average Bonchev–Trinajstić information content (AvgIpc) is 3.18. The van der Waals surface area contributed by atoms with Crippen molar-refractivity contribution in [2.45, 2.75) is 36.6 Å². The van der Waals surface area contributed by atoms with Crippen molar-refractivity contribution in [1.82, 2.24) is 4.31 Å². The summed E-state index contributed by atoms with van der Waals surface area (Å²) in [5.74, 6) is -0.105. The van der Waals surface area contributed by atoms with Crippen molar-refractivity contribution in [3.8, 4) is 0 Å². The van der Waals surface area contributed by atoms with Crippen LogP contribution in [0.2, 0.25) is 0 Å². The Morgan fingerprint density at radius 1 is 1.29 bits per heavy atom. The highest BCUT2D eigenvalue weighted by Crippen LogP contribution is 2.37. The lowest BCUT2D eigenvalue weighted by Crippen LogP contribution is -2.57. The van der Waals surface area contributed by atoms with Crippen molar-refractivity contribution in [3.05, 3.63) is 54.0 Å². The first-order valence-corrected chi connectivity index (χ1v) is 9.22. The number of nitrogens with zero attached hydrogens (tertiary/aromatic N) is 1. The van der Waals surface area contributed by atoms with Crippen LogP contribution in [0.25, 0.3) is 0 Å². The number of primary amides is 1. The molecular weight excluding hydrogens is 328 g/mol. The van der Waals surface area contributed by atoms with E-state index in [9.17, 15) is 13.2 Å². The van der Waals surface area contributed by atoms with Gasteiger partial charge in [0.25, 0.3) is 0 Å². The Hall–Kier alpha value is -2.12. The van der Waals surface area contributed by atoms with E-state index in [2.05, 4.69) is 0 Å². The molecule has 1 saturated heterocycles. The van der Waals surface area contributed by atoms with E-state index >= 15 is 0 Å². The molecule has 1 fully saturated rings. The summed E-state index contributed by atoms with van der Waals surface area (Å²) in [4.78, 5) is 12.4. The molecule has 0 bridgehead atoms. The lowest BCUT2D eigenvalue weighted by Gasteiger charge is -2.34. The third-order valence-electron chi connectivity index (χ3n) is 4.54. The Morgan fingerprint density at radius 2 is 2.00 bits per heavy atom. The minimum absolute atomic E-state index is 0.139. The standard InChI is InChI=1S/C17H20N2O4S/c1-13-5-7-15(8-6-13)24(21,22)19-10-3-9-17(19,16(18)20)12-14-4-2-11-23-14/h2,4-8,11H,3,9-10,12H2,1H3,(H2,18,20). The molecule has 1 atom stereocenters. The van der Waals surface area contributed by atoms with E-state index in [1.807, 2.05) is 6.92 Å². The number of nitrogens with two attached hydrogens (primary N) is 1. The van der Waals surface area contributed by atoms with Crippen LogP contribution in [0, 0.1) is 6.92 Å². The van der Waals surface area contributed by atoms with Crippen LogP contribution in [0.5, 0.6) is 0 Å². The molecule has 2 heterocycles. The summed E-state index contributed by atoms with van der Waals surface area (Å²) in [5.41, 5.74) is 5.33. The molecule has 0 radical (unpaired) electrons. The van der Waals surface area contributed by atoms with Gasteiger partial charge in [0.2, 0.25) is 15.9 Å². The molecule has 1 aliphatic rings. The van der Waals surface area contributed by atoms with Gasteiger partial charge in [-0.2, -0.15) is 4.31 Å². The first-order chi connectivity index (χ1) is 11.4. The minimum Gasteiger partial charge on any atom is -0.469 e. The number of furan rings is 1. The number of benzene rings is 1. The van der Waals surface area contributed by atoms with Crippen LogP contribution in [0.1, 0.15) is 24.2 Å². The van der Waals surface area contributed by atoms with Crippen LogP contribution in [0.15, 0.2) is 52.0 Å². The first-order valence-electron chi connectivity index (χ1n) is 7.78. The molecule has 7 heteroatoms. The SMILES string of the molecule is Cc1ccc(S(=O)(=O)N2CCCC2(Cc2ccco2)C(N)=O)cc1. The number of hydrogen-bond acceptors (Lipinski definition) is 4. The molecule has 3 rings (SSSR count). The maximum Gasteiger partial charge on any atom is 0.244 e. The van der Waals surface area contributed by atoms with E-state index in [0.29, 0.717) is 18.6 Å². The largest absolute Gasteiger partial charge is 0.469 e. The van der Waals surface area contributed by atoms with Gasteiger partial charge >= 0.3 is 0 Å². The monoisotopic (exact) mass is 348 g/mol. The highest BCUT2D eigenvalue weighted by molar-refractivity contribution is 7.89. The van der Waals surface area contributed by atoms with E-state index < -0.39 is 21.5 Å². The molecule has 1 aromatic heterocycles. The lowest BCUT2D eigenvalue weighted by atomic mass is 9.91. The molecule has 0 aliphatic carbocycles. The van der Waals surface area contributed by atoms with Crippen LogP contribution in [0.3, 0.4) is 0 Å². The molecule has 24 heavy (non-hydrogen) atoms. The second-order valence-electron chi connectivity index (χ2n) is 6.15. The number of carbonyl (C=O) groups excluding carboxylic acids is 1. The molecule has 0 spiro atoms. The van der Waals surface area contributed by atoms with E-state index in [-0.39, 0.29) is 17.9 Å². The zero-order chi connectivity index (χ0) is 17.4. The third kappa shape index (κ3) is 2.74.